The number of hydrogen-bond acceptors (Lipinski definition) is 3. The van der Waals surface area contributed by atoms with E-state index in [9.17, 15) is 0 Å². The Morgan fingerprint density at radius 1 is 1.24 bits per heavy atom. The van der Waals surface area contributed by atoms with Crippen LogP contribution < -0.4 is 4.74 Å². The molecule has 17 heavy (non-hydrogen) atoms. The van der Waals surface area contributed by atoms with Crippen molar-refractivity contribution in [3.05, 3.63) is 40.3 Å². The summed E-state index contributed by atoms with van der Waals surface area (Å²) in [6.45, 7) is 1.92. The van der Waals surface area contributed by atoms with Crippen molar-refractivity contribution >= 4 is 23.2 Å². The minimum atomic E-state index is 0.222. The fraction of sp³-hybridized carbons (Fsp3) is 0.167. The molecular weight excluding hydrogens is 259 g/mol. The summed E-state index contributed by atoms with van der Waals surface area (Å²) in [4.78, 5) is 8.13. The van der Waals surface area contributed by atoms with Gasteiger partial charge in [-0.3, -0.25) is 0 Å². The molecule has 1 aromatic heterocycles. The quantitative estimate of drug-likeness (QED) is 0.778. The van der Waals surface area contributed by atoms with E-state index in [1.165, 1.54) is 0 Å². The molecule has 0 radical (unpaired) electrons. The van der Waals surface area contributed by atoms with E-state index in [4.69, 9.17) is 27.9 Å². The van der Waals surface area contributed by atoms with Crippen LogP contribution in [0.25, 0.3) is 11.3 Å². The monoisotopic (exact) mass is 268 g/mol. The second-order valence-corrected chi connectivity index (χ2v) is 4.27. The van der Waals surface area contributed by atoms with Crippen molar-refractivity contribution in [1.82, 2.24) is 9.97 Å². The minimum Gasteiger partial charge on any atom is -0.495 e. The van der Waals surface area contributed by atoms with Crippen LogP contribution in [0.5, 0.6) is 5.75 Å². The van der Waals surface area contributed by atoms with Gasteiger partial charge in [-0.05, 0) is 36.2 Å². The van der Waals surface area contributed by atoms with Gasteiger partial charge in [-0.1, -0.05) is 17.7 Å². The molecule has 0 N–H and O–H groups in total. The van der Waals surface area contributed by atoms with E-state index in [2.05, 4.69) is 9.97 Å². The average Bonchev–Trinajstić information content (AvgIpc) is 2.33. The van der Waals surface area contributed by atoms with Crippen molar-refractivity contribution in [2.75, 3.05) is 7.11 Å². The third-order valence-corrected chi connectivity index (χ3v) is 2.86. The van der Waals surface area contributed by atoms with Crippen LogP contribution in [0.2, 0.25) is 10.3 Å². The molecule has 0 unspecified atom stereocenters. The van der Waals surface area contributed by atoms with Crippen LogP contribution in [-0.2, 0) is 0 Å². The Morgan fingerprint density at radius 2 is 2.00 bits per heavy atom. The average molecular weight is 269 g/mol. The SMILES string of the molecule is COc1cc(-c2nc(Cl)ncc2C)ccc1Cl. The highest BCUT2D eigenvalue weighted by Crippen LogP contribution is 2.30. The van der Waals surface area contributed by atoms with Crippen LogP contribution >= 0.6 is 23.2 Å². The third kappa shape index (κ3) is 2.51. The Labute approximate surface area is 109 Å². The number of methoxy groups -OCH3 is 1. The van der Waals surface area contributed by atoms with Crippen molar-refractivity contribution in [3.63, 3.8) is 0 Å². The smallest absolute Gasteiger partial charge is 0.222 e. The molecule has 0 atom stereocenters. The number of ether oxygens (including phenoxy) is 1. The van der Waals surface area contributed by atoms with Crippen LogP contribution in [0, 0.1) is 6.92 Å². The molecule has 1 aromatic carbocycles. The molecule has 2 aromatic rings. The molecule has 0 amide bonds. The first-order chi connectivity index (χ1) is 8.11. The third-order valence-electron chi connectivity index (χ3n) is 2.37. The predicted octanol–water partition coefficient (Wildman–Crippen LogP) is 3.77. The Bertz CT molecular complexity index is 558. The topological polar surface area (TPSA) is 35.0 Å². The maximum atomic E-state index is 5.97. The maximum Gasteiger partial charge on any atom is 0.222 e. The van der Waals surface area contributed by atoms with Crippen molar-refractivity contribution in [1.29, 1.82) is 0 Å². The molecule has 0 spiro atoms. The van der Waals surface area contributed by atoms with Crippen LogP contribution in [0.4, 0.5) is 0 Å². The normalized spacial score (nSPS) is 10.4. The lowest BCUT2D eigenvalue weighted by Crippen LogP contribution is -1.92. The van der Waals surface area contributed by atoms with Gasteiger partial charge < -0.3 is 4.74 Å². The highest BCUT2D eigenvalue weighted by molar-refractivity contribution is 6.32. The number of hydrogen-bond donors (Lipinski definition) is 0. The first-order valence-corrected chi connectivity index (χ1v) is 5.70. The molecule has 0 aliphatic carbocycles. The van der Waals surface area contributed by atoms with E-state index in [0.717, 1.165) is 16.8 Å². The molecule has 0 bridgehead atoms. The molecule has 1 heterocycles. The number of aromatic nitrogens is 2. The Morgan fingerprint density at radius 3 is 2.71 bits per heavy atom. The summed E-state index contributed by atoms with van der Waals surface area (Å²) >= 11 is 11.8. The van der Waals surface area contributed by atoms with Gasteiger partial charge in [0.05, 0.1) is 17.8 Å². The Hall–Kier alpha value is -1.32. The van der Waals surface area contributed by atoms with Crippen LogP contribution in [0.15, 0.2) is 24.4 Å². The van der Waals surface area contributed by atoms with Gasteiger partial charge >= 0.3 is 0 Å². The van der Waals surface area contributed by atoms with Gasteiger partial charge in [-0.25, -0.2) is 9.97 Å². The standard InChI is InChI=1S/C12H10Cl2N2O/c1-7-6-15-12(14)16-11(7)8-3-4-9(13)10(5-8)17-2/h3-6H,1-2H3. The van der Waals surface area contributed by atoms with Gasteiger partial charge in [0.2, 0.25) is 5.28 Å². The van der Waals surface area contributed by atoms with Crippen LogP contribution in [0.1, 0.15) is 5.56 Å². The lowest BCUT2D eigenvalue weighted by atomic mass is 10.1. The van der Waals surface area contributed by atoms with E-state index in [1.807, 2.05) is 19.1 Å². The fourth-order valence-electron chi connectivity index (χ4n) is 1.52. The number of aryl methyl sites for hydroxylation is 1. The summed E-state index contributed by atoms with van der Waals surface area (Å²) in [5.41, 5.74) is 2.62. The maximum absolute atomic E-state index is 5.97. The van der Waals surface area contributed by atoms with Crippen molar-refractivity contribution in [2.45, 2.75) is 6.92 Å². The molecule has 0 fully saturated rings. The fourth-order valence-corrected chi connectivity index (χ4v) is 1.85. The van der Waals surface area contributed by atoms with Crippen molar-refractivity contribution in [2.24, 2.45) is 0 Å². The molecule has 0 aliphatic rings. The second-order valence-electron chi connectivity index (χ2n) is 3.52. The molecular formula is C12H10Cl2N2O. The number of rotatable bonds is 2. The summed E-state index contributed by atoms with van der Waals surface area (Å²) in [6.07, 6.45) is 1.69. The molecule has 0 aliphatic heterocycles. The molecule has 3 nitrogen and oxygen atoms in total. The van der Waals surface area contributed by atoms with Gasteiger partial charge in [-0.2, -0.15) is 0 Å². The van der Waals surface area contributed by atoms with Gasteiger partial charge in [-0.15, -0.1) is 0 Å². The first-order valence-electron chi connectivity index (χ1n) is 4.95. The van der Waals surface area contributed by atoms with Gasteiger partial charge in [0.1, 0.15) is 5.75 Å². The zero-order valence-electron chi connectivity index (χ0n) is 9.37. The Kier molecular flexibility index (Phi) is 3.50. The summed E-state index contributed by atoms with van der Waals surface area (Å²) < 4.78 is 5.17. The van der Waals surface area contributed by atoms with E-state index < -0.39 is 0 Å². The zero-order valence-corrected chi connectivity index (χ0v) is 10.9. The largest absolute Gasteiger partial charge is 0.495 e. The van der Waals surface area contributed by atoms with E-state index >= 15 is 0 Å². The highest BCUT2D eigenvalue weighted by Gasteiger charge is 2.08. The van der Waals surface area contributed by atoms with E-state index in [0.29, 0.717) is 10.8 Å². The van der Waals surface area contributed by atoms with E-state index in [1.54, 1.807) is 19.4 Å². The Balaban J connectivity index is 2.56. The first kappa shape index (κ1) is 12.1. The van der Waals surface area contributed by atoms with Gasteiger partial charge in [0.25, 0.3) is 0 Å². The lowest BCUT2D eigenvalue weighted by Gasteiger charge is -2.08. The molecule has 88 valence electrons. The molecule has 2 rings (SSSR count). The van der Waals surface area contributed by atoms with Crippen molar-refractivity contribution < 1.29 is 4.74 Å². The summed E-state index contributed by atoms with van der Waals surface area (Å²) in [5, 5.41) is 0.786. The van der Waals surface area contributed by atoms with Gasteiger partial charge in [0.15, 0.2) is 0 Å². The molecule has 0 saturated carbocycles. The van der Waals surface area contributed by atoms with Crippen LogP contribution in [-0.4, -0.2) is 17.1 Å². The summed E-state index contributed by atoms with van der Waals surface area (Å²) in [5.74, 6) is 0.610. The molecule has 0 saturated heterocycles. The number of benzene rings is 1. The second kappa shape index (κ2) is 4.90. The number of halogens is 2. The van der Waals surface area contributed by atoms with Gasteiger partial charge in [0, 0.05) is 11.8 Å². The molecule has 5 heteroatoms. The summed E-state index contributed by atoms with van der Waals surface area (Å²) in [6, 6.07) is 5.47. The summed E-state index contributed by atoms with van der Waals surface area (Å²) in [7, 11) is 1.57. The van der Waals surface area contributed by atoms with Crippen molar-refractivity contribution in [3.8, 4) is 17.0 Å². The zero-order chi connectivity index (χ0) is 12.4. The highest BCUT2D eigenvalue weighted by atomic mass is 35.5. The lowest BCUT2D eigenvalue weighted by molar-refractivity contribution is 0.415. The predicted molar refractivity (Wildman–Crippen MR) is 68.8 cm³/mol. The minimum absolute atomic E-state index is 0.222. The van der Waals surface area contributed by atoms with Crippen LogP contribution in [0.3, 0.4) is 0 Å². The van der Waals surface area contributed by atoms with E-state index in [-0.39, 0.29) is 5.28 Å². The number of nitrogens with zero attached hydrogens (tertiary/aromatic N) is 2.